The first-order valence-corrected chi connectivity index (χ1v) is 7.44. The van der Waals surface area contributed by atoms with E-state index in [-0.39, 0.29) is 5.69 Å². The van der Waals surface area contributed by atoms with Crippen LogP contribution in [0.15, 0.2) is 48.5 Å². The fraction of sp³-hybridized carbons (Fsp3) is 0.158. The molecule has 0 saturated heterocycles. The molecule has 1 N–H and O–H groups in total. The number of aromatic carboxylic acids is 1. The van der Waals surface area contributed by atoms with Gasteiger partial charge in [0, 0.05) is 5.56 Å². The standard InChI is InChI=1S/C19H18N2O2/c1-12-4-7-15(8-5-12)21-18(19(22)23)11-17(20-21)16-9-6-13(2)10-14(16)3/h4-11H,1-3H3,(H,22,23). The summed E-state index contributed by atoms with van der Waals surface area (Å²) >= 11 is 0. The fourth-order valence-electron chi connectivity index (χ4n) is 2.65. The lowest BCUT2D eigenvalue weighted by molar-refractivity contribution is 0.0687. The van der Waals surface area contributed by atoms with Crippen LogP contribution < -0.4 is 0 Å². The Morgan fingerprint density at radius 3 is 2.22 bits per heavy atom. The number of hydrogen-bond donors (Lipinski definition) is 1. The lowest BCUT2D eigenvalue weighted by Crippen LogP contribution is -2.07. The molecule has 0 spiro atoms. The van der Waals surface area contributed by atoms with Crippen molar-refractivity contribution in [3.05, 3.63) is 70.9 Å². The van der Waals surface area contributed by atoms with Crippen molar-refractivity contribution in [2.24, 2.45) is 0 Å². The molecule has 3 rings (SSSR count). The zero-order valence-corrected chi connectivity index (χ0v) is 13.4. The monoisotopic (exact) mass is 306 g/mol. The first-order chi connectivity index (χ1) is 11.0. The van der Waals surface area contributed by atoms with Crippen LogP contribution in [0.25, 0.3) is 16.9 Å². The molecule has 0 fully saturated rings. The molecule has 0 radical (unpaired) electrons. The van der Waals surface area contributed by atoms with Crippen LogP contribution in [0.2, 0.25) is 0 Å². The smallest absolute Gasteiger partial charge is 0.354 e. The Morgan fingerprint density at radius 2 is 1.61 bits per heavy atom. The number of carboxylic acids is 1. The molecular formula is C19H18N2O2. The molecule has 1 heterocycles. The van der Waals surface area contributed by atoms with Gasteiger partial charge in [0.05, 0.1) is 11.4 Å². The quantitative estimate of drug-likeness (QED) is 0.790. The minimum atomic E-state index is -0.992. The minimum absolute atomic E-state index is 0.156. The number of rotatable bonds is 3. The molecule has 116 valence electrons. The molecule has 3 aromatic rings. The highest BCUT2D eigenvalue weighted by Crippen LogP contribution is 2.25. The summed E-state index contributed by atoms with van der Waals surface area (Å²) in [7, 11) is 0. The van der Waals surface area contributed by atoms with E-state index in [0.29, 0.717) is 5.69 Å². The zero-order chi connectivity index (χ0) is 16.6. The van der Waals surface area contributed by atoms with Crippen LogP contribution in [0.4, 0.5) is 0 Å². The average Bonchev–Trinajstić information content (AvgIpc) is 2.93. The van der Waals surface area contributed by atoms with Crippen LogP contribution in [-0.2, 0) is 0 Å². The number of hydrogen-bond acceptors (Lipinski definition) is 2. The van der Waals surface area contributed by atoms with Crippen LogP contribution in [0, 0.1) is 20.8 Å². The molecule has 0 aliphatic heterocycles. The number of aryl methyl sites for hydroxylation is 3. The lowest BCUT2D eigenvalue weighted by Gasteiger charge is -2.05. The Kier molecular flexibility index (Phi) is 3.74. The Balaban J connectivity index is 2.16. The second kappa shape index (κ2) is 5.72. The van der Waals surface area contributed by atoms with Crippen molar-refractivity contribution in [2.45, 2.75) is 20.8 Å². The lowest BCUT2D eigenvalue weighted by atomic mass is 10.0. The van der Waals surface area contributed by atoms with E-state index in [0.717, 1.165) is 22.4 Å². The highest BCUT2D eigenvalue weighted by atomic mass is 16.4. The van der Waals surface area contributed by atoms with E-state index in [1.54, 1.807) is 6.07 Å². The Hall–Kier alpha value is -2.88. The number of carboxylic acid groups (broad SMARTS) is 1. The molecule has 0 bridgehead atoms. The third kappa shape index (κ3) is 2.88. The molecule has 0 aliphatic rings. The van der Waals surface area contributed by atoms with Crippen molar-refractivity contribution in [3.63, 3.8) is 0 Å². The summed E-state index contributed by atoms with van der Waals surface area (Å²) in [6.07, 6.45) is 0. The van der Waals surface area contributed by atoms with Gasteiger partial charge < -0.3 is 5.11 Å². The van der Waals surface area contributed by atoms with Gasteiger partial charge in [-0.3, -0.25) is 0 Å². The molecule has 0 aliphatic carbocycles. The summed E-state index contributed by atoms with van der Waals surface area (Å²) in [4.78, 5) is 11.6. The third-order valence-corrected chi connectivity index (χ3v) is 3.86. The Bertz CT molecular complexity index is 877. The second-order valence-corrected chi connectivity index (χ2v) is 5.79. The maximum absolute atomic E-state index is 11.6. The number of aromatic nitrogens is 2. The molecular weight excluding hydrogens is 288 g/mol. The summed E-state index contributed by atoms with van der Waals surface area (Å²) in [6, 6.07) is 15.3. The fourth-order valence-corrected chi connectivity index (χ4v) is 2.65. The van der Waals surface area contributed by atoms with Gasteiger partial charge in [0.2, 0.25) is 0 Å². The van der Waals surface area contributed by atoms with Gasteiger partial charge in [-0.1, -0.05) is 41.5 Å². The summed E-state index contributed by atoms with van der Waals surface area (Å²) in [5.74, 6) is -0.992. The molecule has 0 amide bonds. The second-order valence-electron chi connectivity index (χ2n) is 5.79. The normalized spacial score (nSPS) is 10.7. The topological polar surface area (TPSA) is 55.1 Å². The van der Waals surface area contributed by atoms with Gasteiger partial charge in [0.15, 0.2) is 5.69 Å². The van der Waals surface area contributed by atoms with E-state index in [1.807, 2.05) is 57.2 Å². The van der Waals surface area contributed by atoms with Gasteiger partial charge in [0.1, 0.15) is 0 Å². The van der Waals surface area contributed by atoms with Crippen molar-refractivity contribution in [1.82, 2.24) is 9.78 Å². The summed E-state index contributed by atoms with van der Waals surface area (Å²) < 4.78 is 1.48. The van der Waals surface area contributed by atoms with E-state index in [2.05, 4.69) is 11.2 Å². The predicted octanol–water partition coefficient (Wildman–Crippen LogP) is 4.16. The van der Waals surface area contributed by atoms with Crippen LogP contribution in [0.5, 0.6) is 0 Å². The van der Waals surface area contributed by atoms with Crippen molar-refractivity contribution in [1.29, 1.82) is 0 Å². The van der Waals surface area contributed by atoms with Crippen molar-refractivity contribution >= 4 is 5.97 Å². The minimum Gasteiger partial charge on any atom is -0.477 e. The highest BCUT2D eigenvalue weighted by Gasteiger charge is 2.17. The van der Waals surface area contributed by atoms with Crippen molar-refractivity contribution in [2.75, 3.05) is 0 Å². The Morgan fingerprint density at radius 1 is 0.957 bits per heavy atom. The highest BCUT2D eigenvalue weighted by molar-refractivity contribution is 5.88. The molecule has 0 saturated carbocycles. The largest absolute Gasteiger partial charge is 0.477 e. The van der Waals surface area contributed by atoms with Gasteiger partial charge in [-0.15, -0.1) is 0 Å². The van der Waals surface area contributed by atoms with E-state index in [4.69, 9.17) is 0 Å². The number of nitrogens with zero attached hydrogens (tertiary/aromatic N) is 2. The first-order valence-electron chi connectivity index (χ1n) is 7.44. The van der Waals surface area contributed by atoms with Crippen molar-refractivity contribution in [3.8, 4) is 16.9 Å². The van der Waals surface area contributed by atoms with Crippen molar-refractivity contribution < 1.29 is 9.90 Å². The third-order valence-electron chi connectivity index (χ3n) is 3.86. The van der Waals surface area contributed by atoms with Crippen LogP contribution >= 0.6 is 0 Å². The van der Waals surface area contributed by atoms with Crippen LogP contribution in [0.3, 0.4) is 0 Å². The molecule has 1 aromatic heterocycles. The van der Waals surface area contributed by atoms with Gasteiger partial charge in [-0.2, -0.15) is 5.10 Å². The van der Waals surface area contributed by atoms with Gasteiger partial charge >= 0.3 is 5.97 Å². The van der Waals surface area contributed by atoms with Gasteiger partial charge in [-0.25, -0.2) is 9.48 Å². The number of benzene rings is 2. The van der Waals surface area contributed by atoms with Gasteiger partial charge in [-0.05, 0) is 44.5 Å². The molecule has 0 atom stereocenters. The summed E-state index contributed by atoms with van der Waals surface area (Å²) in [6.45, 7) is 6.03. The molecule has 0 unspecified atom stereocenters. The zero-order valence-electron chi connectivity index (χ0n) is 13.4. The molecule has 23 heavy (non-hydrogen) atoms. The average molecular weight is 306 g/mol. The van der Waals surface area contributed by atoms with E-state index in [1.165, 1.54) is 10.2 Å². The van der Waals surface area contributed by atoms with Crippen LogP contribution in [-0.4, -0.2) is 20.9 Å². The molecule has 4 nitrogen and oxygen atoms in total. The van der Waals surface area contributed by atoms with Crippen LogP contribution in [0.1, 0.15) is 27.2 Å². The summed E-state index contributed by atoms with van der Waals surface area (Å²) in [5, 5.41) is 14.0. The molecule has 2 aromatic carbocycles. The maximum atomic E-state index is 11.6. The molecule has 4 heteroatoms. The SMILES string of the molecule is Cc1ccc(-n2nc(-c3ccc(C)cc3C)cc2C(=O)O)cc1. The Labute approximate surface area is 135 Å². The van der Waals surface area contributed by atoms with Gasteiger partial charge in [0.25, 0.3) is 0 Å². The van der Waals surface area contributed by atoms with E-state index < -0.39 is 5.97 Å². The maximum Gasteiger partial charge on any atom is 0.354 e. The number of carbonyl (C=O) groups is 1. The van der Waals surface area contributed by atoms with E-state index in [9.17, 15) is 9.90 Å². The summed E-state index contributed by atoms with van der Waals surface area (Å²) in [5.41, 5.74) is 5.88. The predicted molar refractivity (Wildman–Crippen MR) is 90.2 cm³/mol. The first kappa shape index (κ1) is 15.0. The van der Waals surface area contributed by atoms with E-state index >= 15 is 0 Å².